The van der Waals surface area contributed by atoms with E-state index in [9.17, 15) is 5.11 Å². The van der Waals surface area contributed by atoms with Gasteiger partial charge in [-0.15, -0.1) is 0 Å². The Hall–Kier alpha value is -0.0800. The van der Waals surface area contributed by atoms with Crippen LogP contribution in [0.25, 0.3) is 0 Å². The molecular weight excluding hydrogens is 162 g/mol. The van der Waals surface area contributed by atoms with Gasteiger partial charge in [0.15, 0.2) is 0 Å². The third-order valence-electron chi connectivity index (χ3n) is 3.98. The molecule has 2 nitrogen and oxygen atoms in total. The van der Waals surface area contributed by atoms with Gasteiger partial charge in [-0.05, 0) is 24.7 Å². The molecule has 0 saturated heterocycles. The fourth-order valence-electron chi connectivity index (χ4n) is 3.17. The molecule has 13 heavy (non-hydrogen) atoms. The summed E-state index contributed by atoms with van der Waals surface area (Å²) in [4.78, 5) is 0. The van der Waals surface area contributed by atoms with E-state index in [2.05, 4.69) is 0 Å². The molecule has 2 aliphatic rings. The van der Waals surface area contributed by atoms with E-state index in [1.54, 1.807) is 0 Å². The van der Waals surface area contributed by atoms with E-state index in [4.69, 9.17) is 5.73 Å². The predicted molar refractivity (Wildman–Crippen MR) is 53.3 cm³/mol. The molecule has 2 fully saturated rings. The minimum Gasteiger partial charge on any atom is -0.392 e. The van der Waals surface area contributed by atoms with Crippen LogP contribution in [0.2, 0.25) is 0 Å². The third kappa shape index (κ3) is 1.89. The van der Waals surface area contributed by atoms with E-state index in [-0.39, 0.29) is 12.1 Å². The van der Waals surface area contributed by atoms with Crippen molar-refractivity contribution in [1.29, 1.82) is 0 Å². The highest BCUT2D eigenvalue weighted by atomic mass is 16.3. The van der Waals surface area contributed by atoms with E-state index >= 15 is 0 Å². The quantitative estimate of drug-likeness (QED) is 0.600. The molecule has 2 aliphatic carbocycles. The van der Waals surface area contributed by atoms with Crippen molar-refractivity contribution in [3.63, 3.8) is 0 Å². The Morgan fingerprint density at radius 1 is 0.923 bits per heavy atom. The molecule has 2 heteroatoms. The van der Waals surface area contributed by atoms with Gasteiger partial charge >= 0.3 is 0 Å². The van der Waals surface area contributed by atoms with Crippen molar-refractivity contribution in [1.82, 2.24) is 0 Å². The minimum absolute atomic E-state index is 0.0628. The lowest BCUT2D eigenvalue weighted by molar-refractivity contribution is 0.0926. The molecule has 0 aromatic heterocycles. The van der Waals surface area contributed by atoms with E-state index in [0.717, 1.165) is 12.3 Å². The van der Waals surface area contributed by atoms with Gasteiger partial charge < -0.3 is 10.8 Å². The summed E-state index contributed by atoms with van der Waals surface area (Å²) in [5, 5.41) is 9.77. The molecular formula is C11H21NO. The Morgan fingerprint density at radius 2 is 1.62 bits per heavy atom. The van der Waals surface area contributed by atoms with Crippen molar-refractivity contribution >= 4 is 0 Å². The smallest absolute Gasteiger partial charge is 0.0693 e. The second-order valence-electron chi connectivity index (χ2n) is 4.78. The molecule has 2 saturated carbocycles. The van der Waals surface area contributed by atoms with Crippen LogP contribution in [-0.4, -0.2) is 17.3 Å². The summed E-state index contributed by atoms with van der Waals surface area (Å²) >= 11 is 0. The van der Waals surface area contributed by atoms with Crippen LogP contribution in [0, 0.1) is 11.8 Å². The van der Waals surface area contributed by atoms with Crippen molar-refractivity contribution in [2.24, 2.45) is 17.6 Å². The molecule has 0 aromatic carbocycles. The number of nitrogens with two attached hydrogens (primary N) is 1. The lowest BCUT2D eigenvalue weighted by atomic mass is 9.74. The van der Waals surface area contributed by atoms with Crippen LogP contribution < -0.4 is 5.73 Å². The fourth-order valence-corrected chi connectivity index (χ4v) is 3.17. The molecule has 0 amide bonds. The number of rotatable bonds is 0. The summed E-state index contributed by atoms with van der Waals surface area (Å²) in [5.74, 6) is 1.44. The van der Waals surface area contributed by atoms with Crippen LogP contribution >= 0.6 is 0 Å². The number of aliphatic hydroxyl groups is 1. The Balaban J connectivity index is 2.06. The van der Waals surface area contributed by atoms with Crippen LogP contribution in [0.1, 0.15) is 44.9 Å². The minimum atomic E-state index is -0.229. The van der Waals surface area contributed by atoms with Gasteiger partial charge in [0, 0.05) is 6.04 Å². The molecule has 0 spiro atoms. The summed E-state index contributed by atoms with van der Waals surface area (Å²) in [6.45, 7) is 0. The zero-order chi connectivity index (χ0) is 9.26. The molecule has 0 radical (unpaired) electrons. The van der Waals surface area contributed by atoms with E-state index in [1.165, 1.54) is 38.5 Å². The summed E-state index contributed by atoms with van der Waals surface area (Å²) in [5.41, 5.74) is 6.08. The molecule has 0 aliphatic heterocycles. The van der Waals surface area contributed by atoms with Crippen molar-refractivity contribution in [2.75, 3.05) is 0 Å². The number of fused-ring (bicyclic) bond motifs is 1. The van der Waals surface area contributed by atoms with Gasteiger partial charge in [-0.25, -0.2) is 0 Å². The zero-order valence-electron chi connectivity index (χ0n) is 8.28. The second-order valence-corrected chi connectivity index (χ2v) is 4.78. The summed E-state index contributed by atoms with van der Waals surface area (Å²) in [6.07, 6.45) is 8.48. The molecule has 0 bridgehead atoms. The average Bonchev–Trinajstić information content (AvgIpc) is 2.29. The number of hydrogen-bond acceptors (Lipinski definition) is 2. The van der Waals surface area contributed by atoms with E-state index < -0.39 is 0 Å². The van der Waals surface area contributed by atoms with E-state index in [1.807, 2.05) is 0 Å². The van der Waals surface area contributed by atoms with Gasteiger partial charge in [0.25, 0.3) is 0 Å². The summed E-state index contributed by atoms with van der Waals surface area (Å²) in [6, 6.07) is 0.0628. The topological polar surface area (TPSA) is 46.2 Å². The first-order valence-corrected chi connectivity index (χ1v) is 5.72. The Kier molecular flexibility index (Phi) is 2.89. The highest BCUT2D eigenvalue weighted by molar-refractivity contribution is 4.89. The third-order valence-corrected chi connectivity index (χ3v) is 3.98. The first-order valence-electron chi connectivity index (χ1n) is 5.72. The highest BCUT2D eigenvalue weighted by Gasteiger charge is 2.35. The van der Waals surface area contributed by atoms with E-state index in [0.29, 0.717) is 5.92 Å². The average molecular weight is 183 g/mol. The van der Waals surface area contributed by atoms with Crippen LogP contribution in [0.5, 0.6) is 0 Å². The highest BCUT2D eigenvalue weighted by Crippen LogP contribution is 2.38. The normalized spacial score (nSPS) is 46.6. The molecule has 76 valence electrons. The van der Waals surface area contributed by atoms with Gasteiger partial charge in [-0.1, -0.05) is 32.1 Å². The van der Waals surface area contributed by atoms with Gasteiger partial charge in [0.2, 0.25) is 0 Å². The van der Waals surface area contributed by atoms with Gasteiger partial charge in [-0.2, -0.15) is 0 Å². The predicted octanol–water partition coefficient (Wildman–Crippen LogP) is 1.66. The molecule has 0 heterocycles. The second kappa shape index (κ2) is 3.97. The zero-order valence-corrected chi connectivity index (χ0v) is 8.28. The van der Waals surface area contributed by atoms with Gasteiger partial charge in [0.1, 0.15) is 0 Å². The van der Waals surface area contributed by atoms with Crippen molar-refractivity contribution in [3.8, 4) is 0 Å². The Morgan fingerprint density at radius 3 is 2.46 bits per heavy atom. The van der Waals surface area contributed by atoms with Crippen LogP contribution in [0.4, 0.5) is 0 Å². The number of hydrogen-bond donors (Lipinski definition) is 2. The lowest BCUT2D eigenvalue weighted by Gasteiger charge is -2.34. The molecule has 0 aromatic rings. The molecule has 4 unspecified atom stereocenters. The first-order chi connectivity index (χ1) is 6.29. The van der Waals surface area contributed by atoms with Crippen LogP contribution in [-0.2, 0) is 0 Å². The molecule has 4 atom stereocenters. The maximum absolute atomic E-state index is 9.77. The van der Waals surface area contributed by atoms with Gasteiger partial charge in [-0.3, -0.25) is 0 Å². The SMILES string of the molecule is NC1C(O)CCCC2CCCCC21. The van der Waals surface area contributed by atoms with Crippen LogP contribution in [0.15, 0.2) is 0 Å². The van der Waals surface area contributed by atoms with Crippen molar-refractivity contribution in [3.05, 3.63) is 0 Å². The lowest BCUT2D eigenvalue weighted by Crippen LogP contribution is -2.43. The largest absolute Gasteiger partial charge is 0.392 e. The fraction of sp³-hybridized carbons (Fsp3) is 1.00. The Bertz CT molecular complexity index is 169. The maximum Gasteiger partial charge on any atom is 0.0693 e. The van der Waals surface area contributed by atoms with Crippen molar-refractivity contribution < 1.29 is 5.11 Å². The number of aliphatic hydroxyl groups excluding tert-OH is 1. The molecule has 2 rings (SSSR count). The first kappa shape index (κ1) is 9.47. The maximum atomic E-state index is 9.77. The standard InChI is InChI=1S/C11H21NO/c12-11-9-6-2-1-4-8(9)5-3-7-10(11)13/h8-11,13H,1-7,12H2. The monoisotopic (exact) mass is 183 g/mol. The van der Waals surface area contributed by atoms with Gasteiger partial charge in [0.05, 0.1) is 6.10 Å². The summed E-state index contributed by atoms with van der Waals surface area (Å²) < 4.78 is 0. The Labute approximate surface area is 80.5 Å². The van der Waals surface area contributed by atoms with Crippen LogP contribution in [0.3, 0.4) is 0 Å². The molecule has 3 N–H and O–H groups in total. The van der Waals surface area contributed by atoms with Crippen molar-refractivity contribution in [2.45, 2.75) is 57.1 Å². The summed E-state index contributed by atoms with van der Waals surface area (Å²) in [7, 11) is 0.